The Balaban J connectivity index is 2.19. The van der Waals surface area contributed by atoms with Crippen LogP contribution in [0.5, 0.6) is 5.88 Å². The molecule has 0 radical (unpaired) electrons. The van der Waals surface area contributed by atoms with Gasteiger partial charge in [-0.25, -0.2) is 4.68 Å². The molecule has 0 saturated heterocycles. The lowest BCUT2D eigenvalue weighted by Gasteiger charge is -2.03. The van der Waals surface area contributed by atoms with Gasteiger partial charge in [0, 0.05) is 18.0 Å². The molecule has 0 aliphatic carbocycles. The summed E-state index contributed by atoms with van der Waals surface area (Å²) in [5.74, 6) is 0.766. The molecule has 0 fully saturated rings. The summed E-state index contributed by atoms with van der Waals surface area (Å²) in [6.45, 7) is 0. The van der Waals surface area contributed by atoms with E-state index in [4.69, 9.17) is 4.74 Å². The maximum atomic E-state index is 12.0. The summed E-state index contributed by atoms with van der Waals surface area (Å²) in [4.78, 5) is 12.6. The molecule has 1 N–H and O–H groups in total. The van der Waals surface area contributed by atoms with Crippen molar-refractivity contribution in [2.24, 2.45) is 7.05 Å². The fourth-order valence-electron chi connectivity index (χ4n) is 1.55. The summed E-state index contributed by atoms with van der Waals surface area (Å²) in [6, 6.07) is 8.73. The van der Waals surface area contributed by atoms with E-state index in [1.165, 1.54) is 0 Å². The number of aromatic nitrogens is 2. The largest absolute Gasteiger partial charge is 0.481 e. The van der Waals surface area contributed by atoms with Crippen LogP contribution in [0.4, 0.5) is 5.82 Å². The normalized spacial score (nSPS) is 10.2. The topological polar surface area (TPSA) is 56.1 Å². The highest BCUT2D eigenvalue weighted by atomic mass is 32.1. The van der Waals surface area contributed by atoms with E-state index in [1.54, 1.807) is 43.1 Å². The summed E-state index contributed by atoms with van der Waals surface area (Å²) in [5, 5.41) is 6.81. The number of nitrogens with zero attached hydrogens (tertiary/aromatic N) is 2. The lowest BCUT2D eigenvalue weighted by Crippen LogP contribution is -2.13. The molecule has 0 spiro atoms. The summed E-state index contributed by atoms with van der Waals surface area (Å²) in [6.07, 6.45) is 0. The molecule has 2 aromatic rings. The number of amides is 1. The van der Waals surface area contributed by atoms with E-state index >= 15 is 0 Å². The first-order chi connectivity index (χ1) is 8.61. The molecule has 1 aromatic heterocycles. The van der Waals surface area contributed by atoms with Crippen LogP contribution in [0.3, 0.4) is 0 Å². The number of hydrogen-bond donors (Lipinski definition) is 2. The Morgan fingerprint density at radius 3 is 2.78 bits per heavy atom. The second-order valence-electron chi connectivity index (χ2n) is 3.67. The lowest BCUT2D eigenvalue weighted by atomic mass is 10.2. The number of ether oxygens (including phenoxy) is 1. The van der Waals surface area contributed by atoms with Gasteiger partial charge in [0.15, 0.2) is 5.82 Å². The van der Waals surface area contributed by atoms with Crippen LogP contribution in [0.25, 0.3) is 0 Å². The molecule has 0 atom stereocenters. The maximum Gasteiger partial charge on any atom is 0.257 e. The fraction of sp³-hybridized carbons (Fsp3) is 0.167. The standard InChI is InChI=1S/C12H13N3O2S/c1-15-11(17-2)7-10(14-15)13-12(16)8-5-3-4-6-9(8)18/h3-7,18H,1-2H3,(H,13,14,16). The Morgan fingerprint density at radius 1 is 1.44 bits per heavy atom. The van der Waals surface area contributed by atoms with E-state index in [1.807, 2.05) is 6.07 Å². The van der Waals surface area contributed by atoms with Crippen molar-refractivity contribution in [3.8, 4) is 5.88 Å². The molecular formula is C12H13N3O2S. The predicted octanol–water partition coefficient (Wildman–Crippen LogP) is 1.97. The van der Waals surface area contributed by atoms with Gasteiger partial charge in [0.05, 0.1) is 12.7 Å². The van der Waals surface area contributed by atoms with Crippen LogP contribution in [0.2, 0.25) is 0 Å². The first kappa shape index (κ1) is 12.5. The molecule has 0 aliphatic heterocycles. The van der Waals surface area contributed by atoms with E-state index < -0.39 is 0 Å². The summed E-state index contributed by atoms with van der Waals surface area (Å²) in [5.41, 5.74) is 0.505. The second-order valence-corrected chi connectivity index (χ2v) is 4.15. The van der Waals surface area contributed by atoms with Crippen molar-refractivity contribution in [3.05, 3.63) is 35.9 Å². The predicted molar refractivity (Wildman–Crippen MR) is 71.4 cm³/mol. The second kappa shape index (κ2) is 5.14. The Hall–Kier alpha value is -1.95. The molecule has 0 aliphatic rings. The van der Waals surface area contributed by atoms with Crippen LogP contribution in [0.1, 0.15) is 10.4 Å². The third-order valence-electron chi connectivity index (χ3n) is 2.44. The van der Waals surface area contributed by atoms with Crippen LogP contribution in [0, 0.1) is 0 Å². The molecule has 0 saturated carbocycles. The van der Waals surface area contributed by atoms with E-state index in [0.717, 1.165) is 0 Å². The number of carbonyl (C=O) groups is 1. The molecule has 5 nitrogen and oxygen atoms in total. The zero-order valence-electron chi connectivity index (χ0n) is 10.0. The van der Waals surface area contributed by atoms with Crippen molar-refractivity contribution in [1.29, 1.82) is 0 Å². The number of carbonyl (C=O) groups excluding carboxylic acids is 1. The van der Waals surface area contributed by atoms with Crippen molar-refractivity contribution in [2.75, 3.05) is 12.4 Å². The van der Waals surface area contributed by atoms with Crippen LogP contribution in [0.15, 0.2) is 35.2 Å². The Bertz CT molecular complexity index is 580. The van der Waals surface area contributed by atoms with Gasteiger partial charge in [-0.05, 0) is 12.1 Å². The first-order valence-electron chi connectivity index (χ1n) is 5.29. The first-order valence-corrected chi connectivity index (χ1v) is 5.74. The van der Waals surface area contributed by atoms with E-state index in [-0.39, 0.29) is 5.91 Å². The van der Waals surface area contributed by atoms with Gasteiger partial charge in [-0.1, -0.05) is 12.1 Å². The third-order valence-corrected chi connectivity index (χ3v) is 2.83. The van der Waals surface area contributed by atoms with E-state index in [0.29, 0.717) is 22.2 Å². The average molecular weight is 263 g/mol. The lowest BCUT2D eigenvalue weighted by molar-refractivity contribution is 0.102. The van der Waals surface area contributed by atoms with Crippen molar-refractivity contribution < 1.29 is 9.53 Å². The van der Waals surface area contributed by atoms with Gasteiger partial charge in [-0.15, -0.1) is 12.6 Å². The number of benzene rings is 1. The average Bonchev–Trinajstić information content (AvgIpc) is 2.69. The smallest absolute Gasteiger partial charge is 0.257 e. The molecule has 0 bridgehead atoms. The molecule has 1 heterocycles. The van der Waals surface area contributed by atoms with Gasteiger partial charge in [0.25, 0.3) is 5.91 Å². The molecular weight excluding hydrogens is 250 g/mol. The zero-order valence-corrected chi connectivity index (χ0v) is 10.9. The van der Waals surface area contributed by atoms with E-state index in [9.17, 15) is 4.79 Å². The Morgan fingerprint density at radius 2 is 2.17 bits per heavy atom. The van der Waals surface area contributed by atoms with E-state index in [2.05, 4.69) is 23.0 Å². The molecule has 1 aromatic carbocycles. The number of thiol groups is 1. The Labute approximate surface area is 110 Å². The number of anilines is 1. The van der Waals surface area contributed by atoms with Crippen LogP contribution in [-0.2, 0) is 7.05 Å². The molecule has 0 unspecified atom stereocenters. The van der Waals surface area contributed by atoms with Crippen LogP contribution >= 0.6 is 12.6 Å². The van der Waals surface area contributed by atoms with Crippen molar-refractivity contribution in [1.82, 2.24) is 9.78 Å². The number of methoxy groups -OCH3 is 1. The zero-order chi connectivity index (χ0) is 13.1. The SMILES string of the molecule is COc1cc(NC(=O)c2ccccc2S)nn1C. The third kappa shape index (κ3) is 2.48. The molecule has 6 heteroatoms. The number of aryl methyl sites for hydroxylation is 1. The highest BCUT2D eigenvalue weighted by Gasteiger charge is 2.12. The number of rotatable bonds is 3. The fourth-order valence-corrected chi connectivity index (χ4v) is 1.81. The number of hydrogen-bond acceptors (Lipinski definition) is 4. The molecule has 94 valence electrons. The maximum absolute atomic E-state index is 12.0. The van der Waals surface area contributed by atoms with Gasteiger partial charge >= 0.3 is 0 Å². The summed E-state index contributed by atoms with van der Waals surface area (Å²) >= 11 is 4.24. The number of nitrogens with one attached hydrogen (secondary N) is 1. The minimum absolute atomic E-state index is 0.249. The summed E-state index contributed by atoms with van der Waals surface area (Å²) < 4.78 is 6.61. The van der Waals surface area contributed by atoms with Crippen molar-refractivity contribution >= 4 is 24.4 Å². The molecule has 1 amide bonds. The highest BCUT2D eigenvalue weighted by molar-refractivity contribution is 7.80. The minimum atomic E-state index is -0.249. The quantitative estimate of drug-likeness (QED) is 0.832. The van der Waals surface area contributed by atoms with Gasteiger partial charge in [0.1, 0.15) is 0 Å². The Kier molecular flexibility index (Phi) is 3.57. The highest BCUT2D eigenvalue weighted by Crippen LogP contribution is 2.18. The van der Waals surface area contributed by atoms with Gasteiger partial charge in [-0.2, -0.15) is 5.10 Å². The van der Waals surface area contributed by atoms with Gasteiger partial charge in [-0.3, -0.25) is 4.79 Å². The summed E-state index contributed by atoms with van der Waals surface area (Å²) in [7, 11) is 3.28. The minimum Gasteiger partial charge on any atom is -0.481 e. The van der Waals surface area contributed by atoms with Gasteiger partial charge in [0.2, 0.25) is 5.88 Å². The molecule has 2 rings (SSSR count). The van der Waals surface area contributed by atoms with Crippen molar-refractivity contribution in [3.63, 3.8) is 0 Å². The molecule has 18 heavy (non-hydrogen) atoms. The van der Waals surface area contributed by atoms with Gasteiger partial charge < -0.3 is 10.1 Å². The van der Waals surface area contributed by atoms with Crippen LogP contribution in [-0.4, -0.2) is 22.8 Å². The van der Waals surface area contributed by atoms with Crippen LogP contribution < -0.4 is 10.1 Å². The van der Waals surface area contributed by atoms with Crippen molar-refractivity contribution in [2.45, 2.75) is 4.90 Å². The monoisotopic (exact) mass is 263 g/mol.